The predicted molar refractivity (Wildman–Crippen MR) is 130 cm³/mol. The van der Waals surface area contributed by atoms with Gasteiger partial charge in [0.1, 0.15) is 11.4 Å². The second-order valence-electron chi connectivity index (χ2n) is 8.69. The number of amides is 1. The molecule has 2 N–H and O–H groups in total. The average Bonchev–Trinajstić information content (AvgIpc) is 3.32. The fourth-order valence-electron chi connectivity index (χ4n) is 4.94. The van der Waals surface area contributed by atoms with Crippen LogP contribution in [0.5, 0.6) is 5.75 Å². The molecule has 7 heteroatoms. The van der Waals surface area contributed by atoms with Crippen LogP contribution in [0.1, 0.15) is 28.0 Å². The number of aryl methyl sites for hydroxylation is 1. The van der Waals surface area contributed by atoms with Gasteiger partial charge < -0.3 is 15.0 Å². The summed E-state index contributed by atoms with van der Waals surface area (Å²) in [6.45, 7) is 5.63. The summed E-state index contributed by atoms with van der Waals surface area (Å²) in [5, 5.41) is 10.5. The van der Waals surface area contributed by atoms with E-state index >= 15 is 0 Å². The van der Waals surface area contributed by atoms with Crippen LogP contribution >= 0.6 is 0 Å². The summed E-state index contributed by atoms with van der Waals surface area (Å²) in [5.41, 5.74) is 6.19. The minimum atomic E-state index is -0.0517. The molecule has 1 aromatic heterocycles. The summed E-state index contributed by atoms with van der Waals surface area (Å²) >= 11 is 0. The van der Waals surface area contributed by atoms with E-state index in [0.29, 0.717) is 12.2 Å². The van der Waals surface area contributed by atoms with Crippen LogP contribution in [0, 0.1) is 0 Å². The fraction of sp³-hybridized carbons (Fsp3) is 0.385. The van der Waals surface area contributed by atoms with Crippen LogP contribution in [0.15, 0.2) is 48.5 Å². The smallest absolute Gasteiger partial charge is 0.269 e. The van der Waals surface area contributed by atoms with Crippen LogP contribution < -0.4 is 15.0 Å². The van der Waals surface area contributed by atoms with E-state index in [9.17, 15) is 4.79 Å². The Labute approximate surface area is 194 Å². The number of ether oxygens (including phenoxy) is 1. The molecule has 0 spiro atoms. The molecule has 1 amide bonds. The second-order valence-corrected chi connectivity index (χ2v) is 8.69. The summed E-state index contributed by atoms with van der Waals surface area (Å²) in [7, 11) is 1.72. The Morgan fingerprint density at radius 3 is 2.70 bits per heavy atom. The molecular formula is C26H31N5O2. The highest BCUT2D eigenvalue weighted by Gasteiger charge is 2.25. The topological polar surface area (TPSA) is 73.5 Å². The standard InChI is InChI=1S/C26H31N5O2/c1-33-23-10-5-4-9-22(23)31-17-15-30(16-18-31)14-6-13-27-26(32)25-21-12-11-19-7-2-3-8-20(19)24(21)28-29-25/h2-5,7-10H,6,11-18H2,1H3,(H,27,32)(H,28,29). The second kappa shape index (κ2) is 9.67. The minimum Gasteiger partial charge on any atom is -0.495 e. The molecule has 0 bridgehead atoms. The number of aromatic amines is 1. The Kier molecular flexibility index (Phi) is 6.30. The van der Waals surface area contributed by atoms with E-state index in [1.165, 1.54) is 5.56 Å². The largest absolute Gasteiger partial charge is 0.495 e. The molecule has 2 heterocycles. The lowest BCUT2D eigenvalue weighted by Gasteiger charge is -2.36. The van der Waals surface area contributed by atoms with Crippen LogP contribution in [-0.2, 0) is 12.8 Å². The molecule has 0 atom stereocenters. The number of hydrogen-bond donors (Lipinski definition) is 2. The van der Waals surface area contributed by atoms with E-state index in [1.807, 2.05) is 18.2 Å². The molecule has 0 radical (unpaired) electrons. The third-order valence-electron chi connectivity index (χ3n) is 6.75. The van der Waals surface area contributed by atoms with E-state index < -0.39 is 0 Å². The highest BCUT2D eigenvalue weighted by atomic mass is 16.5. The summed E-state index contributed by atoms with van der Waals surface area (Å²) in [5.74, 6) is 0.877. The van der Waals surface area contributed by atoms with Crippen LogP contribution in [-0.4, -0.2) is 67.4 Å². The van der Waals surface area contributed by atoms with Gasteiger partial charge in [-0.2, -0.15) is 5.10 Å². The number of methoxy groups -OCH3 is 1. The average molecular weight is 446 g/mol. The van der Waals surface area contributed by atoms with Gasteiger partial charge in [0.15, 0.2) is 0 Å². The number of anilines is 1. The van der Waals surface area contributed by atoms with Crippen LogP contribution in [0.3, 0.4) is 0 Å². The SMILES string of the molecule is COc1ccccc1N1CCN(CCCNC(=O)c2[nH]nc3c2CCc2ccccc2-3)CC1. The van der Waals surface area contributed by atoms with Gasteiger partial charge in [-0.3, -0.25) is 14.8 Å². The van der Waals surface area contributed by atoms with Crippen molar-refractivity contribution in [1.82, 2.24) is 20.4 Å². The first kappa shape index (κ1) is 21.5. The number of H-pyrrole nitrogens is 1. The minimum absolute atomic E-state index is 0.0517. The van der Waals surface area contributed by atoms with Crippen LogP contribution in [0.4, 0.5) is 5.69 Å². The molecule has 2 aliphatic rings. The van der Waals surface area contributed by atoms with E-state index in [-0.39, 0.29) is 5.91 Å². The Morgan fingerprint density at radius 1 is 1.06 bits per heavy atom. The van der Waals surface area contributed by atoms with Gasteiger partial charge >= 0.3 is 0 Å². The molecule has 3 aromatic rings. The number of piperazine rings is 1. The molecule has 1 aliphatic heterocycles. The number of carbonyl (C=O) groups excluding carboxylic acids is 1. The van der Waals surface area contributed by atoms with Crippen molar-refractivity contribution >= 4 is 11.6 Å². The van der Waals surface area contributed by atoms with Gasteiger partial charge in [0, 0.05) is 43.9 Å². The predicted octanol–water partition coefficient (Wildman–Crippen LogP) is 3.13. The van der Waals surface area contributed by atoms with Gasteiger partial charge in [0.2, 0.25) is 0 Å². The van der Waals surface area contributed by atoms with E-state index in [0.717, 1.165) is 80.2 Å². The first-order valence-electron chi connectivity index (χ1n) is 11.8. The van der Waals surface area contributed by atoms with Crippen molar-refractivity contribution in [2.75, 3.05) is 51.3 Å². The molecule has 172 valence electrons. The number of carbonyl (C=O) groups is 1. The number of hydrogen-bond acceptors (Lipinski definition) is 5. The molecule has 2 aromatic carbocycles. The number of para-hydroxylation sites is 2. The lowest BCUT2D eigenvalue weighted by atomic mass is 9.89. The lowest BCUT2D eigenvalue weighted by Crippen LogP contribution is -2.47. The summed E-state index contributed by atoms with van der Waals surface area (Å²) < 4.78 is 5.51. The van der Waals surface area contributed by atoms with Crippen molar-refractivity contribution < 1.29 is 9.53 Å². The molecule has 0 unspecified atom stereocenters. The first-order chi connectivity index (χ1) is 16.2. The van der Waals surface area contributed by atoms with Crippen molar-refractivity contribution in [3.05, 3.63) is 65.4 Å². The molecule has 33 heavy (non-hydrogen) atoms. The normalized spacial score (nSPS) is 15.6. The first-order valence-corrected chi connectivity index (χ1v) is 11.8. The van der Waals surface area contributed by atoms with Gasteiger partial charge in [-0.25, -0.2) is 0 Å². The van der Waals surface area contributed by atoms with E-state index in [1.54, 1.807) is 7.11 Å². The van der Waals surface area contributed by atoms with Gasteiger partial charge in [-0.15, -0.1) is 0 Å². The zero-order valence-electron chi connectivity index (χ0n) is 19.1. The van der Waals surface area contributed by atoms with Gasteiger partial charge in [-0.05, 0) is 43.5 Å². The molecule has 1 aliphatic carbocycles. The molecule has 7 nitrogen and oxygen atoms in total. The lowest BCUT2D eigenvalue weighted by molar-refractivity contribution is 0.0945. The van der Waals surface area contributed by atoms with Crippen molar-refractivity contribution in [2.45, 2.75) is 19.3 Å². The number of nitrogens with zero attached hydrogens (tertiary/aromatic N) is 3. The third-order valence-corrected chi connectivity index (χ3v) is 6.75. The fourth-order valence-corrected chi connectivity index (χ4v) is 4.94. The van der Waals surface area contributed by atoms with E-state index in [4.69, 9.17) is 4.74 Å². The quantitative estimate of drug-likeness (QED) is 0.547. The van der Waals surface area contributed by atoms with E-state index in [2.05, 4.69) is 55.6 Å². The highest BCUT2D eigenvalue weighted by Crippen LogP contribution is 2.33. The molecule has 1 fully saturated rings. The maximum absolute atomic E-state index is 12.8. The zero-order valence-corrected chi connectivity index (χ0v) is 19.1. The number of nitrogens with one attached hydrogen (secondary N) is 2. The number of fused-ring (bicyclic) bond motifs is 3. The molecule has 0 saturated carbocycles. The summed E-state index contributed by atoms with van der Waals surface area (Å²) in [6.07, 6.45) is 2.73. The van der Waals surface area contributed by atoms with Crippen molar-refractivity contribution in [2.24, 2.45) is 0 Å². The maximum Gasteiger partial charge on any atom is 0.269 e. The highest BCUT2D eigenvalue weighted by molar-refractivity contribution is 5.96. The summed E-state index contributed by atoms with van der Waals surface area (Å²) in [4.78, 5) is 17.6. The van der Waals surface area contributed by atoms with Crippen LogP contribution in [0.25, 0.3) is 11.3 Å². The Hall–Kier alpha value is -3.32. The monoisotopic (exact) mass is 445 g/mol. The Bertz CT molecular complexity index is 1120. The maximum atomic E-state index is 12.8. The number of aromatic nitrogens is 2. The third kappa shape index (κ3) is 4.46. The molecular weight excluding hydrogens is 414 g/mol. The van der Waals surface area contributed by atoms with Gasteiger partial charge in [-0.1, -0.05) is 36.4 Å². The molecule has 5 rings (SSSR count). The van der Waals surface area contributed by atoms with Crippen molar-refractivity contribution in [3.63, 3.8) is 0 Å². The van der Waals surface area contributed by atoms with Gasteiger partial charge in [0.25, 0.3) is 5.91 Å². The Morgan fingerprint density at radius 2 is 1.85 bits per heavy atom. The van der Waals surface area contributed by atoms with Crippen molar-refractivity contribution in [1.29, 1.82) is 0 Å². The van der Waals surface area contributed by atoms with Crippen LogP contribution in [0.2, 0.25) is 0 Å². The zero-order chi connectivity index (χ0) is 22.6. The Balaban J connectivity index is 1.09. The number of benzene rings is 2. The van der Waals surface area contributed by atoms with Crippen molar-refractivity contribution in [3.8, 4) is 17.0 Å². The summed E-state index contributed by atoms with van der Waals surface area (Å²) in [6, 6.07) is 16.5. The van der Waals surface area contributed by atoms with Gasteiger partial charge in [0.05, 0.1) is 18.5 Å². The number of rotatable bonds is 7. The molecule has 1 saturated heterocycles.